The summed E-state index contributed by atoms with van der Waals surface area (Å²) in [6.45, 7) is 15.8. The Hall–Kier alpha value is -2.03. The molecule has 12 nitrogen and oxygen atoms in total. The molecule has 0 bridgehead atoms. The van der Waals surface area contributed by atoms with Crippen LogP contribution >= 0.6 is 30.1 Å². The van der Waals surface area contributed by atoms with Gasteiger partial charge in [-0.1, -0.05) is 72.7 Å². The Kier molecular flexibility index (Phi) is 14.2. The van der Waals surface area contributed by atoms with Gasteiger partial charge in [-0.3, -0.25) is 9.88 Å². The minimum Gasteiger partial charge on any atom is -0.444 e. The van der Waals surface area contributed by atoms with Crippen LogP contribution in [0.3, 0.4) is 0 Å². The third-order valence-electron chi connectivity index (χ3n) is 7.22. The summed E-state index contributed by atoms with van der Waals surface area (Å²) in [6.07, 6.45) is 1.72. The quantitative estimate of drug-likeness (QED) is 0.0821. The lowest BCUT2D eigenvalue weighted by Crippen LogP contribution is -2.39. The zero-order valence-corrected chi connectivity index (χ0v) is 31.7. The van der Waals surface area contributed by atoms with Crippen LogP contribution in [0.2, 0.25) is 0 Å². The molecule has 1 N–H and O–H groups in total. The lowest BCUT2D eigenvalue weighted by molar-refractivity contribution is -0.0466. The second-order valence-electron chi connectivity index (χ2n) is 12.9. The Bertz CT molecular complexity index is 1440. The molecule has 3 heterocycles. The third kappa shape index (κ3) is 10.7. The van der Waals surface area contributed by atoms with Gasteiger partial charge in [0.15, 0.2) is 23.2 Å². The van der Waals surface area contributed by atoms with Gasteiger partial charge in [-0.05, 0) is 53.0 Å². The first-order chi connectivity index (χ1) is 23.4. The van der Waals surface area contributed by atoms with Crippen LogP contribution in [0.1, 0.15) is 81.4 Å². The first kappa shape index (κ1) is 37.2. The molecule has 2 aromatic heterocycles. The van der Waals surface area contributed by atoms with Gasteiger partial charge in [0.1, 0.15) is 25.1 Å². The molecule has 1 aliphatic rings. The summed E-state index contributed by atoms with van der Waals surface area (Å²) in [5.41, 5.74) is 1.65. The Labute approximate surface area is 295 Å². The average Bonchev–Trinajstić information content (AvgIpc) is 3.64. The molecule has 0 spiro atoms. The number of benzene rings is 1. The second kappa shape index (κ2) is 18.3. The van der Waals surface area contributed by atoms with Crippen molar-refractivity contribution < 1.29 is 29.4 Å². The van der Waals surface area contributed by atoms with E-state index in [0.717, 1.165) is 24.2 Å². The van der Waals surface area contributed by atoms with Gasteiger partial charge < -0.3 is 23.3 Å². The molecule has 0 saturated carbocycles. The number of aromatic nitrogens is 4. The Morgan fingerprint density at radius 3 is 2.54 bits per heavy atom. The first-order valence-corrected chi connectivity index (χ1v) is 19.7. The fourth-order valence-corrected chi connectivity index (χ4v) is 9.38. The van der Waals surface area contributed by atoms with E-state index in [0.29, 0.717) is 17.8 Å². The van der Waals surface area contributed by atoms with Crippen molar-refractivity contribution in [1.29, 1.82) is 0 Å². The molecule has 48 heavy (non-hydrogen) atoms. The van der Waals surface area contributed by atoms with Crippen molar-refractivity contribution in [2.45, 2.75) is 116 Å². The topological polar surface area (TPSA) is 122 Å². The number of nitrogens with zero attached hydrogens (tertiary/aromatic N) is 5. The number of anilines is 1. The highest BCUT2D eigenvalue weighted by atomic mass is 33.1. The summed E-state index contributed by atoms with van der Waals surface area (Å²) in [7, 11) is 3.91. The molecular weight excluding hydrogens is 672 g/mol. The molecule has 1 aliphatic heterocycles. The summed E-state index contributed by atoms with van der Waals surface area (Å²) < 4.78 is 43.7. The molecule has 15 heteroatoms. The van der Waals surface area contributed by atoms with Crippen LogP contribution < -0.4 is 5.32 Å². The number of imidazole rings is 1. The van der Waals surface area contributed by atoms with Crippen molar-refractivity contribution >= 4 is 53.2 Å². The zero-order valence-electron chi connectivity index (χ0n) is 30.2. The normalized spacial score (nSPS) is 20.9. The van der Waals surface area contributed by atoms with Crippen molar-refractivity contribution in [3.05, 3.63) is 48.5 Å². The summed E-state index contributed by atoms with van der Waals surface area (Å²) in [4.78, 5) is 25.8. The van der Waals surface area contributed by atoms with E-state index >= 15 is 0 Å². The number of hydrogen-bond donors (Lipinski definition) is 1. The molecule has 1 saturated heterocycles. The largest absolute Gasteiger partial charge is 0.444 e. The lowest BCUT2D eigenvalue weighted by atomic mass is 10.1. The van der Waals surface area contributed by atoms with Crippen LogP contribution in [0.5, 0.6) is 0 Å². The number of amides is 1. The van der Waals surface area contributed by atoms with Crippen LogP contribution in [-0.4, -0.2) is 84.9 Å². The number of unbranched alkanes of at least 4 members (excludes halogenated alkanes) is 1. The van der Waals surface area contributed by atoms with Gasteiger partial charge in [-0.15, -0.1) is 0 Å². The Morgan fingerprint density at radius 1 is 1.12 bits per heavy atom. The number of carbonyl (C=O) groups excluding carboxylic acids is 1. The predicted molar refractivity (Wildman–Crippen MR) is 195 cm³/mol. The van der Waals surface area contributed by atoms with Crippen LogP contribution in [0.15, 0.2) is 43.0 Å². The smallest absolute Gasteiger partial charge is 0.413 e. The van der Waals surface area contributed by atoms with Crippen LogP contribution in [0.4, 0.5) is 10.6 Å². The van der Waals surface area contributed by atoms with Gasteiger partial charge in [0, 0.05) is 31.1 Å². The lowest BCUT2D eigenvalue weighted by Gasteiger charge is -2.38. The highest BCUT2D eigenvalue weighted by molar-refractivity contribution is 8.77. The monoisotopic (exact) mass is 723 g/mol. The second-order valence-corrected chi connectivity index (χ2v) is 17.6. The number of methoxy groups -OCH3 is 1. The van der Waals surface area contributed by atoms with Gasteiger partial charge >= 0.3 is 6.09 Å². The van der Waals surface area contributed by atoms with Crippen LogP contribution in [0, 0.1) is 0 Å². The Balaban J connectivity index is 1.48. The highest BCUT2D eigenvalue weighted by Crippen LogP contribution is 2.50. The van der Waals surface area contributed by atoms with E-state index in [1.807, 2.05) is 51.9 Å². The number of ether oxygens (including phenoxy) is 3. The molecule has 0 radical (unpaired) electrons. The SMILES string of the molecule is [2H]CC1OC(n2cnc3c(NC(=O)OCc4ccccc4)ncnc32)C(OC)C1OP(OCCCCSSC(C)(C)C)N(C(C)C)C(C)C. The minimum atomic E-state index is -1.50. The number of nitrogens with one attached hydrogen (secondary N) is 1. The van der Waals surface area contributed by atoms with Gasteiger partial charge in [0.2, 0.25) is 0 Å². The highest BCUT2D eigenvalue weighted by Gasteiger charge is 2.48. The van der Waals surface area contributed by atoms with E-state index in [-0.39, 0.29) is 36.2 Å². The standard InChI is InChI=1S/C33H51N6O6PS2/c1-22(2)39(23(3)4)46(43-17-13-14-18-47-48-33(6,7)8)45-27-24(5)44-31(28(27)41-9)38-21-36-26-29(34-20-35-30(26)38)37-32(40)42-19-25-15-11-10-12-16-25/h10-12,15-16,20-24,27-28,31H,13-14,17-19H2,1-9H3,(H,34,35,37,40)/i5D. The Morgan fingerprint density at radius 2 is 1.88 bits per heavy atom. The van der Waals surface area contributed by atoms with Gasteiger partial charge in [-0.2, -0.15) is 0 Å². The van der Waals surface area contributed by atoms with Crippen molar-refractivity contribution in [3.63, 3.8) is 0 Å². The fourth-order valence-electron chi connectivity index (χ4n) is 5.15. The average molecular weight is 724 g/mol. The van der Waals surface area contributed by atoms with Gasteiger partial charge in [-0.25, -0.2) is 24.4 Å². The minimum absolute atomic E-state index is 0.0438. The molecule has 3 aromatic rings. The number of carbonyl (C=O) groups is 1. The number of rotatable bonds is 17. The van der Waals surface area contributed by atoms with E-state index in [1.165, 1.54) is 6.33 Å². The summed E-state index contributed by atoms with van der Waals surface area (Å²) in [5, 5.41) is 2.68. The fraction of sp³-hybridized carbons (Fsp3) is 0.636. The van der Waals surface area contributed by atoms with Gasteiger partial charge in [0.05, 0.1) is 19.0 Å². The van der Waals surface area contributed by atoms with E-state index in [9.17, 15) is 4.79 Å². The van der Waals surface area contributed by atoms with Crippen molar-refractivity contribution in [2.75, 3.05) is 24.8 Å². The van der Waals surface area contributed by atoms with Crippen LogP contribution in [-0.2, 0) is 29.9 Å². The molecule has 4 rings (SSSR count). The van der Waals surface area contributed by atoms with Gasteiger partial charge in [0.25, 0.3) is 8.53 Å². The predicted octanol–water partition coefficient (Wildman–Crippen LogP) is 8.21. The molecule has 1 amide bonds. The molecule has 0 aliphatic carbocycles. The molecular formula is C33H51N6O6PS2. The third-order valence-corrected chi connectivity index (χ3v) is 12.8. The number of hydrogen-bond acceptors (Lipinski definition) is 12. The summed E-state index contributed by atoms with van der Waals surface area (Å²) in [6, 6.07) is 9.74. The summed E-state index contributed by atoms with van der Waals surface area (Å²) >= 11 is 0. The maximum Gasteiger partial charge on any atom is 0.413 e. The molecule has 266 valence electrons. The summed E-state index contributed by atoms with van der Waals surface area (Å²) in [5.74, 6) is 1.26. The van der Waals surface area contributed by atoms with Crippen LogP contribution in [0.25, 0.3) is 11.2 Å². The maximum absolute atomic E-state index is 12.6. The molecule has 5 atom stereocenters. The van der Waals surface area contributed by atoms with Crippen molar-refractivity contribution in [2.24, 2.45) is 0 Å². The van der Waals surface area contributed by atoms with E-state index < -0.39 is 39.2 Å². The molecule has 5 unspecified atom stereocenters. The molecule has 1 aromatic carbocycles. The molecule has 1 fully saturated rings. The van der Waals surface area contributed by atoms with E-state index in [2.05, 4.69) is 73.4 Å². The first-order valence-electron chi connectivity index (χ1n) is 17.0. The van der Waals surface area contributed by atoms with Crippen molar-refractivity contribution in [1.82, 2.24) is 24.2 Å². The maximum atomic E-state index is 12.6. The van der Waals surface area contributed by atoms with Crippen molar-refractivity contribution in [3.8, 4) is 0 Å². The zero-order chi connectivity index (χ0) is 35.6. The van der Waals surface area contributed by atoms with E-state index in [4.69, 9.17) is 24.6 Å². The van der Waals surface area contributed by atoms with E-state index in [1.54, 1.807) is 18.0 Å². The number of fused-ring (bicyclic) bond motifs is 1.